The van der Waals surface area contributed by atoms with Crippen LogP contribution in [0.25, 0.3) is 5.69 Å². The molecule has 3 aromatic rings. The molecular formula is C18H18N4O2. The first-order valence-electron chi connectivity index (χ1n) is 7.59. The molecule has 2 heterocycles. The summed E-state index contributed by atoms with van der Waals surface area (Å²) in [6, 6.07) is 13.4. The van der Waals surface area contributed by atoms with Crippen molar-refractivity contribution in [3.05, 3.63) is 66.0 Å². The van der Waals surface area contributed by atoms with Crippen LogP contribution >= 0.6 is 0 Å². The minimum atomic E-state index is -0.276. The van der Waals surface area contributed by atoms with Crippen LogP contribution in [0.4, 0.5) is 5.82 Å². The Morgan fingerprint density at radius 2 is 2.00 bits per heavy atom. The summed E-state index contributed by atoms with van der Waals surface area (Å²) in [6.07, 6.45) is 3.52. The predicted molar refractivity (Wildman–Crippen MR) is 91.4 cm³/mol. The van der Waals surface area contributed by atoms with E-state index < -0.39 is 0 Å². The fraction of sp³-hybridized carbons (Fsp3) is 0.167. The zero-order valence-corrected chi connectivity index (χ0v) is 13.6. The molecule has 0 aliphatic rings. The molecule has 1 amide bonds. The number of aromatic nitrogens is 3. The number of anilines is 1. The molecule has 2 aromatic heterocycles. The van der Waals surface area contributed by atoms with E-state index in [1.54, 1.807) is 16.9 Å². The highest BCUT2D eigenvalue weighted by Gasteiger charge is 2.10. The number of hydrogen-bond donors (Lipinski definition) is 1. The van der Waals surface area contributed by atoms with Crippen molar-refractivity contribution in [3.63, 3.8) is 0 Å². The van der Waals surface area contributed by atoms with Gasteiger partial charge >= 0.3 is 0 Å². The zero-order valence-electron chi connectivity index (χ0n) is 13.6. The van der Waals surface area contributed by atoms with Crippen LogP contribution in [0.2, 0.25) is 0 Å². The van der Waals surface area contributed by atoms with E-state index in [4.69, 9.17) is 4.74 Å². The molecule has 24 heavy (non-hydrogen) atoms. The van der Waals surface area contributed by atoms with Crippen LogP contribution in [-0.2, 0) is 4.79 Å². The number of benzene rings is 1. The number of nitrogens with zero attached hydrogens (tertiary/aromatic N) is 3. The quantitative estimate of drug-likeness (QED) is 0.784. The summed E-state index contributed by atoms with van der Waals surface area (Å²) in [5.41, 5.74) is 2.82. The highest BCUT2D eigenvalue weighted by molar-refractivity contribution is 5.90. The standard InChI is InChI=1S/C18H18N4O2/c1-13-8-9-19-16(10-13)20-17(23)12-24-18-14(2)11-22(21-18)15-6-4-3-5-7-15/h3-11H,12H2,1-2H3,(H,19,20,23). The molecule has 122 valence electrons. The minimum Gasteiger partial charge on any atom is -0.466 e. The van der Waals surface area contributed by atoms with Crippen LogP contribution in [0.15, 0.2) is 54.9 Å². The van der Waals surface area contributed by atoms with Crippen LogP contribution in [-0.4, -0.2) is 27.3 Å². The molecule has 0 spiro atoms. The normalized spacial score (nSPS) is 10.4. The van der Waals surface area contributed by atoms with E-state index in [-0.39, 0.29) is 12.5 Å². The molecule has 0 saturated carbocycles. The fourth-order valence-corrected chi connectivity index (χ4v) is 2.22. The Kier molecular flexibility index (Phi) is 4.56. The van der Waals surface area contributed by atoms with E-state index in [0.717, 1.165) is 16.8 Å². The lowest BCUT2D eigenvalue weighted by Crippen LogP contribution is -2.21. The maximum atomic E-state index is 12.0. The Morgan fingerprint density at radius 1 is 1.21 bits per heavy atom. The van der Waals surface area contributed by atoms with Crippen LogP contribution < -0.4 is 10.1 Å². The maximum absolute atomic E-state index is 12.0. The smallest absolute Gasteiger partial charge is 0.263 e. The van der Waals surface area contributed by atoms with Crippen molar-refractivity contribution in [1.82, 2.24) is 14.8 Å². The highest BCUT2D eigenvalue weighted by Crippen LogP contribution is 2.17. The molecule has 0 fully saturated rings. The molecule has 3 rings (SSSR count). The van der Waals surface area contributed by atoms with Gasteiger partial charge < -0.3 is 10.1 Å². The van der Waals surface area contributed by atoms with Gasteiger partial charge in [0.05, 0.1) is 5.69 Å². The van der Waals surface area contributed by atoms with Gasteiger partial charge in [-0.15, -0.1) is 5.10 Å². The number of pyridine rings is 1. The molecule has 0 saturated heterocycles. The van der Waals surface area contributed by atoms with E-state index in [0.29, 0.717) is 11.7 Å². The molecule has 1 aromatic carbocycles. The number of carbonyl (C=O) groups excluding carboxylic acids is 1. The topological polar surface area (TPSA) is 69.0 Å². The van der Waals surface area contributed by atoms with Crippen molar-refractivity contribution in [2.24, 2.45) is 0 Å². The van der Waals surface area contributed by atoms with E-state index in [9.17, 15) is 4.79 Å². The molecule has 1 N–H and O–H groups in total. The summed E-state index contributed by atoms with van der Waals surface area (Å²) in [5, 5.41) is 7.07. The monoisotopic (exact) mass is 322 g/mol. The summed E-state index contributed by atoms with van der Waals surface area (Å²) < 4.78 is 7.26. The molecule has 6 heteroatoms. The highest BCUT2D eigenvalue weighted by atomic mass is 16.5. The average molecular weight is 322 g/mol. The van der Waals surface area contributed by atoms with Gasteiger partial charge in [0.15, 0.2) is 6.61 Å². The third-order valence-electron chi connectivity index (χ3n) is 3.40. The van der Waals surface area contributed by atoms with Crippen molar-refractivity contribution in [2.75, 3.05) is 11.9 Å². The summed E-state index contributed by atoms with van der Waals surface area (Å²) >= 11 is 0. The van der Waals surface area contributed by atoms with Gasteiger partial charge in [0.25, 0.3) is 5.91 Å². The number of rotatable bonds is 5. The third kappa shape index (κ3) is 3.78. The second kappa shape index (κ2) is 6.95. The Bertz CT molecular complexity index is 843. The van der Waals surface area contributed by atoms with E-state index in [1.807, 2.05) is 56.4 Å². The van der Waals surface area contributed by atoms with E-state index in [2.05, 4.69) is 15.4 Å². The van der Waals surface area contributed by atoms with Gasteiger partial charge in [0.2, 0.25) is 5.88 Å². The van der Waals surface area contributed by atoms with Gasteiger partial charge in [0, 0.05) is 18.0 Å². The first-order valence-corrected chi connectivity index (χ1v) is 7.59. The van der Waals surface area contributed by atoms with Gasteiger partial charge in [-0.3, -0.25) is 4.79 Å². The minimum absolute atomic E-state index is 0.123. The molecule has 0 aliphatic carbocycles. The summed E-state index contributed by atoms with van der Waals surface area (Å²) in [6.45, 7) is 3.71. The molecular weight excluding hydrogens is 304 g/mol. The van der Waals surface area contributed by atoms with Crippen LogP contribution in [0.5, 0.6) is 5.88 Å². The molecule has 0 unspecified atom stereocenters. The van der Waals surface area contributed by atoms with Crippen molar-refractivity contribution in [3.8, 4) is 11.6 Å². The molecule has 0 atom stereocenters. The van der Waals surface area contributed by atoms with Gasteiger partial charge in [-0.2, -0.15) is 0 Å². The number of ether oxygens (including phenoxy) is 1. The molecule has 0 bridgehead atoms. The predicted octanol–water partition coefficient (Wildman–Crippen LogP) is 2.90. The number of carbonyl (C=O) groups is 1. The fourth-order valence-electron chi connectivity index (χ4n) is 2.22. The van der Waals surface area contributed by atoms with Crippen molar-refractivity contribution < 1.29 is 9.53 Å². The van der Waals surface area contributed by atoms with E-state index >= 15 is 0 Å². The maximum Gasteiger partial charge on any atom is 0.263 e. The van der Waals surface area contributed by atoms with Crippen LogP contribution in [0.3, 0.4) is 0 Å². The van der Waals surface area contributed by atoms with Gasteiger partial charge in [-0.1, -0.05) is 18.2 Å². The van der Waals surface area contributed by atoms with Crippen molar-refractivity contribution in [1.29, 1.82) is 0 Å². The average Bonchev–Trinajstić information content (AvgIpc) is 2.95. The second-order valence-corrected chi connectivity index (χ2v) is 5.45. The van der Waals surface area contributed by atoms with Crippen molar-refractivity contribution in [2.45, 2.75) is 13.8 Å². The lowest BCUT2D eigenvalue weighted by atomic mass is 10.3. The number of amides is 1. The number of nitrogens with one attached hydrogen (secondary N) is 1. The Hall–Kier alpha value is -3.15. The zero-order chi connectivity index (χ0) is 16.9. The Labute approximate surface area is 140 Å². The van der Waals surface area contributed by atoms with Crippen LogP contribution in [0.1, 0.15) is 11.1 Å². The van der Waals surface area contributed by atoms with E-state index in [1.165, 1.54) is 0 Å². The van der Waals surface area contributed by atoms with Gasteiger partial charge in [-0.25, -0.2) is 9.67 Å². The molecule has 0 aliphatic heterocycles. The van der Waals surface area contributed by atoms with Gasteiger partial charge in [0.1, 0.15) is 5.82 Å². The summed E-state index contributed by atoms with van der Waals surface area (Å²) in [4.78, 5) is 16.1. The second-order valence-electron chi connectivity index (χ2n) is 5.45. The lowest BCUT2D eigenvalue weighted by Gasteiger charge is -2.06. The SMILES string of the molecule is Cc1ccnc(NC(=O)COc2nn(-c3ccccc3)cc2C)c1. The Morgan fingerprint density at radius 3 is 2.75 bits per heavy atom. The lowest BCUT2D eigenvalue weighted by molar-refractivity contribution is -0.118. The number of aryl methyl sites for hydroxylation is 2. The first kappa shape index (κ1) is 15.7. The largest absolute Gasteiger partial charge is 0.466 e. The number of para-hydroxylation sites is 1. The van der Waals surface area contributed by atoms with Crippen LogP contribution in [0, 0.1) is 13.8 Å². The first-order chi connectivity index (χ1) is 11.6. The summed E-state index contributed by atoms with van der Waals surface area (Å²) in [7, 11) is 0. The van der Waals surface area contributed by atoms with Crippen molar-refractivity contribution >= 4 is 11.7 Å². The molecule has 0 radical (unpaired) electrons. The summed E-state index contributed by atoms with van der Waals surface area (Å²) in [5.74, 6) is 0.670. The third-order valence-corrected chi connectivity index (χ3v) is 3.40. The molecule has 6 nitrogen and oxygen atoms in total. The van der Waals surface area contributed by atoms with Gasteiger partial charge in [-0.05, 0) is 43.7 Å². The number of hydrogen-bond acceptors (Lipinski definition) is 4. The Balaban J connectivity index is 1.62.